The van der Waals surface area contributed by atoms with Crippen LogP contribution in [0.2, 0.25) is 5.02 Å². The first kappa shape index (κ1) is 16.4. The third-order valence-corrected chi connectivity index (χ3v) is 5.73. The number of carbonyl (C=O) groups is 1. The monoisotopic (exact) mass is 372 g/mol. The summed E-state index contributed by atoms with van der Waals surface area (Å²) >= 11 is 7.53. The molecule has 4 rings (SSSR count). The molecule has 2 heterocycles. The van der Waals surface area contributed by atoms with E-state index in [1.807, 2.05) is 23.1 Å². The Morgan fingerprint density at radius 3 is 2.84 bits per heavy atom. The molecule has 0 N–H and O–H groups in total. The van der Waals surface area contributed by atoms with E-state index in [0.29, 0.717) is 10.8 Å². The quantitative estimate of drug-likeness (QED) is 0.667. The van der Waals surface area contributed by atoms with Gasteiger partial charge in [-0.1, -0.05) is 23.7 Å². The Morgan fingerprint density at radius 2 is 2.04 bits per heavy atom. The number of amides is 1. The molecule has 1 aliphatic rings. The van der Waals surface area contributed by atoms with Crippen molar-refractivity contribution in [2.45, 2.75) is 18.9 Å². The number of likely N-dealkylation sites (tertiary alicyclic amines) is 1. The van der Waals surface area contributed by atoms with Gasteiger partial charge in [0.2, 0.25) is 0 Å². The van der Waals surface area contributed by atoms with Crippen molar-refractivity contribution in [3.05, 3.63) is 58.6 Å². The Balaban J connectivity index is 1.46. The van der Waals surface area contributed by atoms with E-state index < -0.39 is 0 Å². The van der Waals surface area contributed by atoms with Crippen LogP contribution in [0.3, 0.4) is 0 Å². The fourth-order valence-corrected chi connectivity index (χ4v) is 4.35. The lowest BCUT2D eigenvalue weighted by molar-refractivity contribution is -0.134. The van der Waals surface area contributed by atoms with E-state index in [1.54, 1.807) is 35.6 Å². The smallest absolute Gasteiger partial charge is 0.261 e. The lowest BCUT2D eigenvalue weighted by Crippen LogP contribution is -2.34. The Labute approximate surface area is 155 Å². The highest BCUT2D eigenvalue weighted by molar-refractivity contribution is 7.18. The first-order valence-electron chi connectivity index (χ1n) is 8.24. The number of halogens is 1. The minimum atomic E-state index is -0.00305. The number of para-hydroxylation sites is 1. The average molecular weight is 373 g/mol. The summed E-state index contributed by atoms with van der Waals surface area (Å²) in [5.41, 5.74) is 0.999. The van der Waals surface area contributed by atoms with Crippen molar-refractivity contribution in [2.75, 3.05) is 13.2 Å². The normalized spacial score (nSPS) is 17.2. The van der Waals surface area contributed by atoms with Gasteiger partial charge in [-0.3, -0.25) is 4.79 Å². The van der Waals surface area contributed by atoms with Crippen LogP contribution in [0.4, 0.5) is 0 Å². The predicted octanol–water partition coefficient (Wildman–Crippen LogP) is 4.69. The van der Waals surface area contributed by atoms with Gasteiger partial charge in [-0.05, 0) is 49.2 Å². The maximum absolute atomic E-state index is 12.6. The Kier molecular flexibility index (Phi) is 4.59. The molecule has 2 aromatic carbocycles. The van der Waals surface area contributed by atoms with Crippen LogP contribution in [0.1, 0.15) is 23.9 Å². The predicted molar refractivity (Wildman–Crippen MR) is 100 cm³/mol. The van der Waals surface area contributed by atoms with Crippen molar-refractivity contribution in [3.63, 3.8) is 0 Å². The minimum absolute atomic E-state index is 0.00305. The maximum atomic E-state index is 12.6. The van der Waals surface area contributed by atoms with Crippen molar-refractivity contribution in [1.82, 2.24) is 9.88 Å². The zero-order valence-corrected chi connectivity index (χ0v) is 15.1. The van der Waals surface area contributed by atoms with E-state index in [2.05, 4.69) is 6.07 Å². The van der Waals surface area contributed by atoms with Crippen LogP contribution in [0, 0.1) is 0 Å². The molecule has 128 valence electrons. The average Bonchev–Trinajstić information content (AvgIpc) is 3.27. The molecule has 0 aliphatic carbocycles. The second kappa shape index (κ2) is 7.02. The summed E-state index contributed by atoms with van der Waals surface area (Å²) in [5, 5.41) is 1.66. The van der Waals surface area contributed by atoms with Crippen LogP contribution in [0.15, 0.2) is 48.5 Å². The Hall–Kier alpha value is -2.11. The Bertz CT molecular complexity index is 861. The number of aromatic nitrogens is 1. The second-order valence-corrected chi connectivity index (χ2v) is 7.51. The molecule has 1 aliphatic heterocycles. The van der Waals surface area contributed by atoms with Gasteiger partial charge in [0.1, 0.15) is 10.8 Å². The number of hydrogen-bond acceptors (Lipinski definition) is 4. The summed E-state index contributed by atoms with van der Waals surface area (Å²) in [6.07, 6.45) is 1.94. The van der Waals surface area contributed by atoms with E-state index in [9.17, 15) is 4.79 Å². The highest BCUT2D eigenvalue weighted by Crippen LogP contribution is 2.36. The van der Waals surface area contributed by atoms with Gasteiger partial charge in [0.25, 0.3) is 5.91 Å². The zero-order valence-electron chi connectivity index (χ0n) is 13.5. The topological polar surface area (TPSA) is 42.4 Å². The highest BCUT2D eigenvalue weighted by atomic mass is 35.5. The molecule has 4 nitrogen and oxygen atoms in total. The van der Waals surface area contributed by atoms with Crippen molar-refractivity contribution in [2.24, 2.45) is 0 Å². The van der Waals surface area contributed by atoms with Gasteiger partial charge in [-0.2, -0.15) is 0 Å². The Morgan fingerprint density at radius 1 is 1.24 bits per heavy atom. The van der Waals surface area contributed by atoms with Gasteiger partial charge in [-0.15, -0.1) is 11.3 Å². The summed E-state index contributed by atoms with van der Waals surface area (Å²) in [6.45, 7) is 0.784. The van der Waals surface area contributed by atoms with Gasteiger partial charge in [-0.25, -0.2) is 4.98 Å². The SMILES string of the molecule is O=C(COc1ccc(Cl)cc1)N1CCC[C@H]1c1nc2ccccc2s1. The fourth-order valence-electron chi connectivity index (χ4n) is 3.11. The fraction of sp³-hybridized carbons (Fsp3) is 0.263. The molecule has 0 bridgehead atoms. The third kappa shape index (κ3) is 3.48. The molecule has 1 amide bonds. The summed E-state index contributed by atoms with van der Waals surface area (Å²) < 4.78 is 6.77. The number of carbonyl (C=O) groups excluding carboxylic acids is 1. The number of rotatable bonds is 4. The molecule has 1 saturated heterocycles. The van der Waals surface area contributed by atoms with Crippen molar-refractivity contribution in [1.29, 1.82) is 0 Å². The van der Waals surface area contributed by atoms with Crippen LogP contribution >= 0.6 is 22.9 Å². The molecular formula is C19H17ClN2O2S. The van der Waals surface area contributed by atoms with Crippen LogP contribution in [-0.4, -0.2) is 28.9 Å². The van der Waals surface area contributed by atoms with Gasteiger partial charge in [0, 0.05) is 11.6 Å². The standard InChI is InChI=1S/C19H17ClN2O2S/c20-13-7-9-14(10-8-13)24-12-18(23)22-11-3-5-16(22)19-21-15-4-1-2-6-17(15)25-19/h1-2,4,6-10,16H,3,5,11-12H2/t16-/m0/s1. The van der Waals surface area contributed by atoms with E-state index in [0.717, 1.165) is 34.6 Å². The number of ether oxygens (including phenoxy) is 1. The third-order valence-electron chi connectivity index (χ3n) is 4.34. The molecule has 25 heavy (non-hydrogen) atoms. The van der Waals surface area contributed by atoms with Crippen LogP contribution in [-0.2, 0) is 4.79 Å². The molecule has 3 aromatic rings. The van der Waals surface area contributed by atoms with Crippen LogP contribution in [0.5, 0.6) is 5.75 Å². The molecule has 6 heteroatoms. The van der Waals surface area contributed by atoms with E-state index >= 15 is 0 Å². The van der Waals surface area contributed by atoms with Gasteiger partial charge in [0.05, 0.1) is 16.3 Å². The number of benzene rings is 2. The molecular weight excluding hydrogens is 356 g/mol. The van der Waals surface area contributed by atoms with Crippen molar-refractivity contribution >= 4 is 39.1 Å². The van der Waals surface area contributed by atoms with Gasteiger partial charge in [0.15, 0.2) is 6.61 Å². The number of nitrogens with zero attached hydrogens (tertiary/aromatic N) is 2. The first-order chi connectivity index (χ1) is 12.2. The van der Waals surface area contributed by atoms with Crippen molar-refractivity contribution < 1.29 is 9.53 Å². The largest absolute Gasteiger partial charge is 0.484 e. The summed E-state index contributed by atoms with van der Waals surface area (Å²) in [7, 11) is 0. The molecule has 1 aromatic heterocycles. The van der Waals surface area contributed by atoms with Crippen molar-refractivity contribution in [3.8, 4) is 5.75 Å². The number of fused-ring (bicyclic) bond motifs is 1. The number of thiazole rings is 1. The maximum Gasteiger partial charge on any atom is 0.261 e. The highest BCUT2D eigenvalue weighted by Gasteiger charge is 2.32. The lowest BCUT2D eigenvalue weighted by atomic mass is 10.2. The molecule has 0 spiro atoms. The van der Waals surface area contributed by atoms with E-state index in [-0.39, 0.29) is 18.6 Å². The first-order valence-corrected chi connectivity index (χ1v) is 9.43. The van der Waals surface area contributed by atoms with Gasteiger partial charge < -0.3 is 9.64 Å². The summed E-state index contributed by atoms with van der Waals surface area (Å²) in [4.78, 5) is 19.3. The van der Waals surface area contributed by atoms with E-state index in [1.165, 1.54) is 0 Å². The molecule has 0 radical (unpaired) electrons. The summed E-state index contributed by atoms with van der Waals surface area (Å²) in [5.74, 6) is 0.644. The minimum Gasteiger partial charge on any atom is -0.484 e. The lowest BCUT2D eigenvalue weighted by Gasteiger charge is -2.23. The molecule has 1 fully saturated rings. The summed E-state index contributed by atoms with van der Waals surface area (Å²) in [6, 6.07) is 15.2. The van der Waals surface area contributed by atoms with Crippen LogP contribution in [0.25, 0.3) is 10.2 Å². The molecule has 1 atom stereocenters. The zero-order chi connectivity index (χ0) is 17.2. The number of hydrogen-bond donors (Lipinski definition) is 0. The van der Waals surface area contributed by atoms with E-state index in [4.69, 9.17) is 21.3 Å². The van der Waals surface area contributed by atoms with Crippen LogP contribution < -0.4 is 4.74 Å². The molecule has 0 saturated carbocycles. The molecule has 0 unspecified atom stereocenters. The second-order valence-electron chi connectivity index (χ2n) is 6.01. The van der Waals surface area contributed by atoms with Gasteiger partial charge >= 0.3 is 0 Å².